The van der Waals surface area contributed by atoms with Crippen molar-refractivity contribution in [3.8, 4) is 0 Å². The second-order valence-electron chi connectivity index (χ2n) is 6.54. The third-order valence-electron chi connectivity index (χ3n) is 4.49. The van der Waals surface area contributed by atoms with Gasteiger partial charge in [-0.2, -0.15) is 0 Å². The molecule has 0 aliphatic rings. The molecule has 0 radical (unpaired) electrons. The Kier molecular flexibility index (Phi) is 6.44. The van der Waals surface area contributed by atoms with Gasteiger partial charge in [-0.05, 0) is 37.6 Å². The molecule has 3 aromatic rings. The number of nitrogens with zero attached hydrogens (tertiary/aromatic N) is 2. The van der Waals surface area contributed by atoms with Crippen molar-refractivity contribution in [2.24, 2.45) is 0 Å². The maximum absolute atomic E-state index is 12.6. The minimum atomic E-state index is -0.446. The lowest BCUT2D eigenvalue weighted by molar-refractivity contribution is 0.0517. The summed E-state index contributed by atoms with van der Waals surface area (Å²) < 4.78 is 10.4. The van der Waals surface area contributed by atoms with Gasteiger partial charge in [-0.15, -0.1) is 0 Å². The molecule has 0 aliphatic carbocycles. The number of fused-ring (bicyclic) bond motifs is 1. The van der Waals surface area contributed by atoms with Crippen LogP contribution >= 0.6 is 0 Å². The summed E-state index contributed by atoms with van der Waals surface area (Å²) in [4.78, 5) is 31.2. The number of hydrogen-bond donors (Lipinski definition) is 0. The van der Waals surface area contributed by atoms with Crippen molar-refractivity contribution in [1.82, 2.24) is 4.98 Å². The van der Waals surface area contributed by atoms with Gasteiger partial charge in [-0.1, -0.05) is 30.3 Å². The average Bonchev–Trinajstić information content (AvgIpc) is 2.73. The van der Waals surface area contributed by atoms with E-state index in [1.165, 1.54) is 6.20 Å². The first-order chi connectivity index (χ1) is 14.0. The topological polar surface area (TPSA) is 68.7 Å². The van der Waals surface area contributed by atoms with Gasteiger partial charge in [0.1, 0.15) is 5.56 Å². The molecule has 29 heavy (non-hydrogen) atoms. The van der Waals surface area contributed by atoms with Crippen LogP contribution in [-0.4, -0.2) is 37.2 Å². The van der Waals surface area contributed by atoms with Crippen LogP contribution in [0.25, 0.3) is 10.9 Å². The van der Waals surface area contributed by atoms with E-state index in [9.17, 15) is 9.59 Å². The normalized spacial score (nSPS) is 10.6. The number of hydrogen-bond acceptors (Lipinski definition) is 6. The molecule has 0 amide bonds. The summed E-state index contributed by atoms with van der Waals surface area (Å²) in [6.07, 6.45) is 1.53. The predicted octanol–water partition coefficient (Wildman–Crippen LogP) is 4.22. The van der Waals surface area contributed by atoms with E-state index in [1.54, 1.807) is 32.0 Å². The monoisotopic (exact) mass is 392 g/mol. The van der Waals surface area contributed by atoms with Crippen molar-refractivity contribution < 1.29 is 19.1 Å². The lowest BCUT2D eigenvalue weighted by Gasteiger charge is -2.24. The number of esters is 2. The average molecular weight is 392 g/mol. The number of pyridine rings is 1. The molecule has 1 aromatic heterocycles. The molecule has 0 atom stereocenters. The summed E-state index contributed by atoms with van der Waals surface area (Å²) in [5.41, 5.74) is 3.22. The Morgan fingerprint density at radius 2 is 1.66 bits per heavy atom. The first-order valence-electron chi connectivity index (χ1n) is 9.57. The highest BCUT2D eigenvalue weighted by Crippen LogP contribution is 2.31. The van der Waals surface area contributed by atoms with E-state index in [2.05, 4.69) is 4.98 Å². The maximum Gasteiger partial charge on any atom is 0.341 e. The third kappa shape index (κ3) is 4.54. The van der Waals surface area contributed by atoms with Gasteiger partial charge in [-0.3, -0.25) is 4.98 Å². The van der Waals surface area contributed by atoms with E-state index in [4.69, 9.17) is 9.47 Å². The summed E-state index contributed by atoms with van der Waals surface area (Å²) in [6, 6.07) is 15.1. The first-order valence-corrected chi connectivity index (χ1v) is 9.57. The molecule has 0 fully saturated rings. The summed E-state index contributed by atoms with van der Waals surface area (Å²) in [5.74, 6) is -0.856. The SMILES string of the molecule is CCOC(=O)c1ccc2ncc(C(=O)OCC)c(N(C)Cc3ccccc3)c2c1. The third-order valence-corrected chi connectivity index (χ3v) is 4.49. The zero-order valence-corrected chi connectivity index (χ0v) is 16.8. The molecule has 6 heteroatoms. The molecular formula is C23H24N2O4. The van der Waals surface area contributed by atoms with Crippen LogP contribution in [-0.2, 0) is 16.0 Å². The quantitative estimate of drug-likeness (QED) is 0.561. The molecule has 0 unspecified atom stereocenters. The van der Waals surface area contributed by atoms with Crippen molar-refractivity contribution in [3.05, 3.63) is 71.4 Å². The number of rotatable bonds is 7. The van der Waals surface area contributed by atoms with Crippen LogP contribution in [0.1, 0.15) is 40.1 Å². The molecule has 0 saturated heterocycles. The van der Waals surface area contributed by atoms with E-state index in [0.29, 0.717) is 40.9 Å². The smallest absolute Gasteiger partial charge is 0.341 e. The van der Waals surface area contributed by atoms with Gasteiger partial charge in [0, 0.05) is 25.2 Å². The lowest BCUT2D eigenvalue weighted by Crippen LogP contribution is -2.21. The van der Waals surface area contributed by atoms with Crippen molar-refractivity contribution in [2.75, 3.05) is 25.2 Å². The fourth-order valence-electron chi connectivity index (χ4n) is 3.23. The zero-order chi connectivity index (χ0) is 20.8. The van der Waals surface area contributed by atoms with Gasteiger partial charge in [0.25, 0.3) is 0 Å². The molecule has 0 spiro atoms. The molecule has 0 N–H and O–H groups in total. The lowest BCUT2D eigenvalue weighted by atomic mass is 10.0. The fraction of sp³-hybridized carbons (Fsp3) is 0.261. The van der Waals surface area contributed by atoms with Crippen LogP contribution in [0.4, 0.5) is 5.69 Å². The predicted molar refractivity (Wildman–Crippen MR) is 112 cm³/mol. The zero-order valence-electron chi connectivity index (χ0n) is 16.8. The van der Waals surface area contributed by atoms with Gasteiger partial charge < -0.3 is 14.4 Å². The minimum Gasteiger partial charge on any atom is -0.462 e. The van der Waals surface area contributed by atoms with Crippen LogP contribution in [0.15, 0.2) is 54.7 Å². The molecule has 0 saturated carbocycles. The van der Waals surface area contributed by atoms with Crippen LogP contribution in [0, 0.1) is 0 Å². The highest BCUT2D eigenvalue weighted by Gasteiger charge is 2.21. The van der Waals surface area contributed by atoms with Crippen molar-refractivity contribution >= 4 is 28.5 Å². The largest absolute Gasteiger partial charge is 0.462 e. The van der Waals surface area contributed by atoms with Gasteiger partial charge in [0.05, 0.1) is 30.0 Å². The summed E-state index contributed by atoms with van der Waals surface area (Å²) in [5, 5.41) is 0.694. The van der Waals surface area contributed by atoms with Crippen LogP contribution < -0.4 is 4.90 Å². The van der Waals surface area contributed by atoms with Gasteiger partial charge in [-0.25, -0.2) is 9.59 Å². The van der Waals surface area contributed by atoms with Crippen molar-refractivity contribution in [3.63, 3.8) is 0 Å². The Labute approximate surface area is 170 Å². The first kappa shape index (κ1) is 20.3. The number of carbonyl (C=O) groups is 2. The maximum atomic E-state index is 12.6. The number of ether oxygens (including phenoxy) is 2. The molecular weight excluding hydrogens is 368 g/mol. The second kappa shape index (κ2) is 9.19. The van der Waals surface area contributed by atoms with Crippen molar-refractivity contribution in [1.29, 1.82) is 0 Å². The van der Waals surface area contributed by atoms with E-state index < -0.39 is 11.9 Å². The highest BCUT2D eigenvalue weighted by atomic mass is 16.5. The van der Waals surface area contributed by atoms with Crippen LogP contribution in [0.2, 0.25) is 0 Å². The summed E-state index contributed by atoms with van der Waals surface area (Å²) in [6.45, 7) is 4.66. The van der Waals surface area contributed by atoms with E-state index >= 15 is 0 Å². The fourth-order valence-corrected chi connectivity index (χ4v) is 3.23. The summed E-state index contributed by atoms with van der Waals surface area (Å²) >= 11 is 0. The molecule has 0 aliphatic heterocycles. The Morgan fingerprint density at radius 3 is 2.34 bits per heavy atom. The van der Waals surface area contributed by atoms with Gasteiger partial charge in [0.2, 0.25) is 0 Å². The molecule has 1 heterocycles. The van der Waals surface area contributed by atoms with Crippen molar-refractivity contribution in [2.45, 2.75) is 20.4 Å². The molecule has 0 bridgehead atoms. The van der Waals surface area contributed by atoms with Gasteiger partial charge in [0.15, 0.2) is 0 Å². The number of aromatic nitrogens is 1. The molecule has 6 nitrogen and oxygen atoms in total. The molecule has 2 aromatic carbocycles. The van der Waals surface area contributed by atoms with Crippen LogP contribution in [0.3, 0.4) is 0 Å². The Morgan fingerprint density at radius 1 is 0.966 bits per heavy atom. The Hall–Kier alpha value is -3.41. The molecule has 3 rings (SSSR count). The van der Waals surface area contributed by atoms with E-state index in [0.717, 1.165) is 5.56 Å². The number of anilines is 1. The van der Waals surface area contributed by atoms with E-state index in [1.807, 2.05) is 42.3 Å². The number of carbonyl (C=O) groups excluding carboxylic acids is 2. The number of benzene rings is 2. The standard InChI is InChI=1S/C23H24N2O4/c1-4-28-22(26)17-11-12-20-18(13-17)21(19(14-24-20)23(27)29-5-2)25(3)15-16-9-7-6-8-10-16/h6-14H,4-5,15H2,1-3H3. The molecule has 150 valence electrons. The Bertz CT molecular complexity index is 1010. The van der Waals surface area contributed by atoms with E-state index in [-0.39, 0.29) is 6.61 Å². The second-order valence-corrected chi connectivity index (χ2v) is 6.54. The Balaban J connectivity index is 2.14. The van der Waals surface area contributed by atoms with Crippen LogP contribution in [0.5, 0.6) is 0 Å². The minimum absolute atomic E-state index is 0.265. The van der Waals surface area contributed by atoms with Gasteiger partial charge >= 0.3 is 11.9 Å². The summed E-state index contributed by atoms with van der Waals surface area (Å²) in [7, 11) is 1.90. The highest BCUT2D eigenvalue weighted by molar-refractivity contribution is 6.07.